The Labute approximate surface area is 111 Å². The van der Waals surface area contributed by atoms with Crippen LogP contribution in [0.1, 0.15) is 29.8 Å². The van der Waals surface area contributed by atoms with Gasteiger partial charge in [0, 0.05) is 25.0 Å². The molecule has 0 radical (unpaired) electrons. The van der Waals surface area contributed by atoms with Gasteiger partial charge in [-0.1, -0.05) is 0 Å². The number of halogens is 1. The predicted molar refractivity (Wildman–Crippen MR) is 69.1 cm³/mol. The Kier molecular flexibility index (Phi) is 4.11. The van der Waals surface area contributed by atoms with Crippen LogP contribution in [0.25, 0.3) is 0 Å². The Hall–Kier alpha value is -1.23. The average molecular weight is 272 g/mol. The number of aromatic nitrogens is 2. The van der Waals surface area contributed by atoms with Crippen LogP contribution in [0, 0.1) is 5.92 Å². The molecule has 1 aliphatic carbocycles. The molecule has 1 aliphatic rings. The highest BCUT2D eigenvalue weighted by molar-refractivity contribution is 6.20. The molecule has 5 nitrogen and oxygen atoms in total. The number of amides is 1. The van der Waals surface area contributed by atoms with E-state index in [0.29, 0.717) is 24.0 Å². The zero-order chi connectivity index (χ0) is 13.1. The van der Waals surface area contributed by atoms with E-state index < -0.39 is 0 Å². The second-order valence-corrected chi connectivity index (χ2v) is 5.30. The number of ether oxygens (including phenoxy) is 1. The molecule has 0 bridgehead atoms. The molecule has 0 aromatic carbocycles. The third-order valence-corrected chi connectivity index (χ3v) is 3.70. The fourth-order valence-electron chi connectivity index (χ4n) is 2.28. The van der Waals surface area contributed by atoms with Gasteiger partial charge in [0.25, 0.3) is 5.91 Å². The number of hydrogen-bond acceptors (Lipinski definition) is 3. The van der Waals surface area contributed by atoms with Gasteiger partial charge in [-0.25, -0.2) is 4.68 Å². The van der Waals surface area contributed by atoms with Gasteiger partial charge in [-0.3, -0.25) is 4.79 Å². The number of alkyl halides is 1. The van der Waals surface area contributed by atoms with E-state index >= 15 is 0 Å². The molecule has 1 saturated carbocycles. The number of nitrogens with zero attached hydrogens (tertiary/aromatic N) is 2. The van der Waals surface area contributed by atoms with E-state index in [-0.39, 0.29) is 11.3 Å². The van der Waals surface area contributed by atoms with E-state index in [1.807, 2.05) is 0 Å². The highest BCUT2D eigenvalue weighted by Crippen LogP contribution is 2.28. The first-order valence-electron chi connectivity index (χ1n) is 6.10. The Morgan fingerprint density at radius 3 is 3.00 bits per heavy atom. The maximum atomic E-state index is 11.9. The summed E-state index contributed by atoms with van der Waals surface area (Å²) in [6.07, 6.45) is 3.10. The molecule has 2 rings (SSSR count). The maximum Gasteiger partial charge on any atom is 0.271 e. The molecular weight excluding hydrogens is 254 g/mol. The average Bonchev–Trinajstić information content (AvgIpc) is 2.92. The van der Waals surface area contributed by atoms with Crippen LogP contribution in [0.3, 0.4) is 0 Å². The number of nitrogens with one attached hydrogen (secondary N) is 1. The number of aryl methyl sites for hydroxylation is 1. The molecule has 1 fully saturated rings. The van der Waals surface area contributed by atoms with Gasteiger partial charge >= 0.3 is 0 Å². The van der Waals surface area contributed by atoms with E-state index in [4.69, 9.17) is 16.3 Å². The second kappa shape index (κ2) is 5.61. The smallest absolute Gasteiger partial charge is 0.271 e. The zero-order valence-electron chi connectivity index (χ0n) is 10.6. The largest absolute Gasteiger partial charge is 0.481 e. The van der Waals surface area contributed by atoms with Gasteiger partial charge in [0.2, 0.25) is 5.88 Å². The number of carbonyl (C=O) groups is 1. The number of carbonyl (C=O) groups excluding carboxylic acids is 1. The summed E-state index contributed by atoms with van der Waals surface area (Å²) in [5.74, 6) is 0.899. The lowest BCUT2D eigenvalue weighted by molar-refractivity contribution is 0.0941. The minimum absolute atomic E-state index is 0.160. The molecule has 2 atom stereocenters. The molecule has 100 valence electrons. The summed E-state index contributed by atoms with van der Waals surface area (Å²) >= 11 is 6.04. The van der Waals surface area contributed by atoms with Crippen molar-refractivity contribution in [1.29, 1.82) is 0 Å². The summed E-state index contributed by atoms with van der Waals surface area (Å²) in [4.78, 5) is 11.9. The van der Waals surface area contributed by atoms with Crippen LogP contribution < -0.4 is 10.1 Å². The normalized spacial score (nSPS) is 23.1. The molecule has 6 heteroatoms. The molecule has 1 N–H and O–H groups in total. The van der Waals surface area contributed by atoms with Gasteiger partial charge in [-0.15, -0.1) is 11.6 Å². The van der Waals surface area contributed by atoms with Gasteiger partial charge in [0.05, 0.1) is 7.11 Å². The molecule has 0 aliphatic heterocycles. The van der Waals surface area contributed by atoms with Crippen molar-refractivity contribution in [2.45, 2.75) is 24.6 Å². The summed E-state index contributed by atoms with van der Waals surface area (Å²) < 4.78 is 6.61. The van der Waals surface area contributed by atoms with Crippen LogP contribution in [0.2, 0.25) is 0 Å². The first kappa shape index (κ1) is 13.2. The molecule has 0 saturated heterocycles. The Morgan fingerprint density at radius 2 is 2.44 bits per heavy atom. The van der Waals surface area contributed by atoms with E-state index in [1.165, 1.54) is 0 Å². The van der Waals surface area contributed by atoms with Crippen molar-refractivity contribution < 1.29 is 9.53 Å². The summed E-state index contributed by atoms with van der Waals surface area (Å²) in [6.45, 7) is 0.668. The molecule has 2 unspecified atom stereocenters. The van der Waals surface area contributed by atoms with Gasteiger partial charge < -0.3 is 10.1 Å². The van der Waals surface area contributed by atoms with Crippen molar-refractivity contribution in [2.24, 2.45) is 13.0 Å². The first-order chi connectivity index (χ1) is 8.60. The molecule has 1 aromatic heterocycles. The van der Waals surface area contributed by atoms with Crippen molar-refractivity contribution in [3.8, 4) is 5.88 Å². The fraction of sp³-hybridized carbons (Fsp3) is 0.667. The molecule has 18 heavy (non-hydrogen) atoms. The standard InChI is InChI=1S/C12H18ClN3O2/c1-16-11(18-2)6-10(15-16)12(17)14-7-8-3-4-9(13)5-8/h6,8-9H,3-5,7H2,1-2H3,(H,14,17). The van der Waals surface area contributed by atoms with E-state index in [1.54, 1.807) is 24.9 Å². The lowest BCUT2D eigenvalue weighted by Crippen LogP contribution is -2.28. The first-order valence-corrected chi connectivity index (χ1v) is 6.54. The third kappa shape index (κ3) is 2.96. The Morgan fingerprint density at radius 1 is 1.67 bits per heavy atom. The Bertz CT molecular complexity index is 433. The van der Waals surface area contributed by atoms with Gasteiger partial charge in [-0.2, -0.15) is 5.10 Å². The summed E-state index contributed by atoms with van der Waals surface area (Å²) in [7, 11) is 3.29. The predicted octanol–water partition coefficient (Wildman–Crippen LogP) is 1.57. The Balaban J connectivity index is 1.87. The minimum atomic E-state index is -0.160. The van der Waals surface area contributed by atoms with Crippen molar-refractivity contribution in [1.82, 2.24) is 15.1 Å². The van der Waals surface area contributed by atoms with Gasteiger partial charge in [-0.05, 0) is 25.2 Å². The van der Waals surface area contributed by atoms with Crippen LogP contribution in [-0.2, 0) is 7.05 Å². The minimum Gasteiger partial charge on any atom is -0.481 e. The molecular formula is C12H18ClN3O2. The van der Waals surface area contributed by atoms with Crippen molar-refractivity contribution in [3.05, 3.63) is 11.8 Å². The molecule has 1 aromatic rings. The fourth-order valence-corrected chi connectivity index (χ4v) is 2.66. The zero-order valence-corrected chi connectivity index (χ0v) is 11.4. The van der Waals surface area contributed by atoms with Crippen molar-refractivity contribution in [3.63, 3.8) is 0 Å². The highest BCUT2D eigenvalue weighted by Gasteiger charge is 2.23. The summed E-state index contributed by atoms with van der Waals surface area (Å²) in [5.41, 5.74) is 0.384. The van der Waals surface area contributed by atoms with E-state index in [0.717, 1.165) is 19.3 Å². The van der Waals surface area contributed by atoms with Crippen LogP contribution in [0.15, 0.2) is 6.07 Å². The second-order valence-electron chi connectivity index (χ2n) is 4.68. The molecule has 1 heterocycles. The summed E-state index contributed by atoms with van der Waals surface area (Å²) in [6, 6.07) is 1.63. The van der Waals surface area contributed by atoms with Crippen LogP contribution >= 0.6 is 11.6 Å². The van der Waals surface area contributed by atoms with Gasteiger partial charge in [0.15, 0.2) is 5.69 Å². The number of hydrogen-bond donors (Lipinski definition) is 1. The molecule has 1 amide bonds. The lowest BCUT2D eigenvalue weighted by Gasteiger charge is -2.09. The SMILES string of the molecule is COc1cc(C(=O)NCC2CCC(Cl)C2)nn1C. The maximum absolute atomic E-state index is 11.9. The lowest BCUT2D eigenvalue weighted by atomic mass is 10.1. The van der Waals surface area contributed by atoms with Gasteiger partial charge in [0.1, 0.15) is 0 Å². The molecule has 0 spiro atoms. The topological polar surface area (TPSA) is 56.1 Å². The van der Waals surface area contributed by atoms with Crippen LogP contribution in [0.4, 0.5) is 0 Å². The third-order valence-electron chi connectivity index (χ3n) is 3.31. The summed E-state index contributed by atoms with van der Waals surface area (Å²) in [5, 5.41) is 7.26. The highest BCUT2D eigenvalue weighted by atomic mass is 35.5. The van der Waals surface area contributed by atoms with Crippen molar-refractivity contribution >= 4 is 17.5 Å². The quantitative estimate of drug-likeness (QED) is 0.846. The number of methoxy groups -OCH3 is 1. The number of rotatable bonds is 4. The van der Waals surface area contributed by atoms with E-state index in [9.17, 15) is 4.79 Å². The van der Waals surface area contributed by atoms with Crippen molar-refractivity contribution in [2.75, 3.05) is 13.7 Å². The van der Waals surface area contributed by atoms with Crippen LogP contribution in [0.5, 0.6) is 5.88 Å². The monoisotopic (exact) mass is 271 g/mol. The van der Waals surface area contributed by atoms with Crippen LogP contribution in [-0.4, -0.2) is 34.7 Å². The van der Waals surface area contributed by atoms with E-state index in [2.05, 4.69) is 10.4 Å².